The second kappa shape index (κ2) is 4.70. The Morgan fingerprint density at radius 3 is 2.78 bits per heavy atom. The van der Waals surface area contributed by atoms with Crippen molar-refractivity contribution in [1.82, 2.24) is 9.55 Å². The van der Waals surface area contributed by atoms with Crippen molar-refractivity contribution in [2.75, 3.05) is 7.11 Å². The average Bonchev–Trinajstić information content (AvgIpc) is 2.71. The number of methoxy groups -OCH3 is 1. The molecule has 6 heteroatoms. The summed E-state index contributed by atoms with van der Waals surface area (Å²) < 4.78 is 6.70. The van der Waals surface area contributed by atoms with E-state index < -0.39 is 5.97 Å². The van der Waals surface area contributed by atoms with Gasteiger partial charge in [0.05, 0.1) is 18.9 Å². The van der Waals surface area contributed by atoms with Crippen molar-refractivity contribution in [2.24, 2.45) is 7.05 Å². The van der Waals surface area contributed by atoms with Crippen LogP contribution in [0, 0.1) is 0 Å². The number of aromatic carboxylic acids is 1. The van der Waals surface area contributed by atoms with Gasteiger partial charge in [-0.25, -0.2) is 9.78 Å². The molecule has 2 rings (SSSR count). The first-order valence-electron chi connectivity index (χ1n) is 5.13. The Balaban J connectivity index is 2.61. The van der Waals surface area contributed by atoms with Crippen LogP contribution in [-0.2, 0) is 7.05 Å². The number of carboxylic acid groups (broad SMARTS) is 1. The van der Waals surface area contributed by atoms with Crippen LogP contribution in [0.5, 0.6) is 5.75 Å². The van der Waals surface area contributed by atoms with Crippen LogP contribution in [0.1, 0.15) is 10.5 Å². The number of imidazole rings is 1. The maximum Gasteiger partial charge on any atom is 0.354 e. The fourth-order valence-electron chi connectivity index (χ4n) is 1.71. The number of hydrogen-bond donors (Lipinski definition) is 1. The molecule has 0 saturated heterocycles. The van der Waals surface area contributed by atoms with Gasteiger partial charge in [-0.2, -0.15) is 0 Å². The fourth-order valence-corrected chi connectivity index (χ4v) is 1.89. The van der Waals surface area contributed by atoms with Crippen molar-refractivity contribution >= 4 is 17.6 Å². The molecule has 1 aromatic heterocycles. The lowest BCUT2D eigenvalue weighted by molar-refractivity contribution is 0.0686. The Kier molecular flexibility index (Phi) is 3.25. The minimum Gasteiger partial charge on any atom is -0.496 e. The van der Waals surface area contributed by atoms with Crippen LogP contribution in [0.15, 0.2) is 24.4 Å². The first-order valence-corrected chi connectivity index (χ1v) is 5.51. The molecule has 1 aromatic carbocycles. The largest absolute Gasteiger partial charge is 0.496 e. The molecule has 94 valence electrons. The van der Waals surface area contributed by atoms with E-state index in [9.17, 15) is 4.79 Å². The molecule has 0 aliphatic carbocycles. The van der Waals surface area contributed by atoms with Gasteiger partial charge in [0, 0.05) is 12.1 Å². The zero-order valence-electron chi connectivity index (χ0n) is 9.85. The number of carbonyl (C=O) groups is 1. The van der Waals surface area contributed by atoms with E-state index in [1.165, 1.54) is 17.9 Å². The number of carboxylic acids is 1. The fraction of sp³-hybridized carbons (Fsp3) is 0.167. The van der Waals surface area contributed by atoms with Crippen LogP contribution in [-0.4, -0.2) is 27.7 Å². The highest BCUT2D eigenvalue weighted by atomic mass is 35.5. The van der Waals surface area contributed by atoms with Crippen molar-refractivity contribution in [1.29, 1.82) is 0 Å². The predicted molar refractivity (Wildman–Crippen MR) is 67.2 cm³/mol. The van der Waals surface area contributed by atoms with Crippen molar-refractivity contribution in [3.8, 4) is 17.1 Å². The van der Waals surface area contributed by atoms with Gasteiger partial charge in [0.1, 0.15) is 17.3 Å². The van der Waals surface area contributed by atoms with Crippen LogP contribution in [0.4, 0.5) is 0 Å². The summed E-state index contributed by atoms with van der Waals surface area (Å²) in [5, 5.41) is 9.52. The molecular weight excluding hydrogens is 256 g/mol. The Labute approximate surface area is 109 Å². The third-order valence-electron chi connectivity index (χ3n) is 2.61. The summed E-state index contributed by atoms with van der Waals surface area (Å²) in [5.41, 5.74) is 0.757. The molecule has 2 aromatic rings. The van der Waals surface area contributed by atoms with Gasteiger partial charge in [0.15, 0.2) is 0 Å². The Morgan fingerprint density at radius 1 is 1.50 bits per heavy atom. The van der Waals surface area contributed by atoms with Crippen LogP contribution in [0.25, 0.3) is 11.4 Å². The lowest BCUT2D eigenvalue weighted by atomic mass is 10.2. The molecule has 0 atom stereocenters. The first kappa shape index (κ1) is 12.4. The molecule has 5 nitrogen and oxygen atoms in total. The molecule has 0 radical (unpaired) electrons. The van der Waals surface area contributed by atoms with E-state index in [2.05, 4.69) is 4.98 Å². The van der Waals surface area contributed by atoms with E-state index in [0.717, 1.165) is 0 Å². The van der Waals surface area contributed by atoms with Crippen LogP contribution in [0.3, 0.4) is 0 Å². The summed E-state index contributed by atoms with van der Waals surface area (Å²) >= 11 is 5.94. The number of rotatable bonds is 3. The molecule has 0 spiro atoms. The van der Waals surface area contributed by atoms with Gasteiger partial charge in [-0.1, -0.05) is 11.6 Å². The third-order valence-corrected chi connectivity index (χ3v) is 2.84. The number of nitrogens with zero attached hydrogens (tertiary/aromatic N) is 2. The van der Waals surface area contributed by atoms with Crippen LogP contribution in [0.2, 0.25) is 5.02 Å². The number of halogens is 1. The number of ether oxygens (including phenoxy) is 1. The van der Waals surface area contributed by atoms with Crippen molar-refractivity contribution in [2.45, 2.75) is 0 Å². The molecule has 1 N–H and O–H groups in total. The second-order valence-electron chi connectivity index (χ2n) is 3.68. The van der Waals surface area contributed by atoms with Crippen molar-refractivity contribution in [3.63, 3.8) is 0 Å². The minimum atomic E-state index is -1.03. The lowest BCUT2D eigenvalue weighted by Gasteiger charge is -2.09. The normalized spacial score (nSPS) is 10.4. The van der Waals surface area contributed by atoms with E-state index in [-0.39, 0.29) is 5.69 Å². The summed E-state index contributed by atoms with van der Waals surface area (Å²) in [4.78, 5) is 15.1. The van der Waals surface area contributed by atoms with E-state index in [0.29, 0.717) is 22.2 Å². The Hall–Kier alpha value is -2.01. The van der Waals surface area contributed by atoms with Gasteiger partial charge >= 0.3 is 5.97 Å². The Bertz CT molecular complexity index is 607. The summed E-state index contributed by atoms with van der Waals surface area (Å²) in [6.07, 6.45) is 1.30. The monoisotopic (exact) mass is 266 g/mol. The molecule has 0 unspecified atom stereocenters. The SMILES string of the molecule is COc1ccc(Cl)cc1-c1ncc(C(=O)O)n1C. The summed E-state index contributed by atoms with van der Waals surface area (Å²) in [7, 11) is 3.17. The van der Waals surface area contributed by atoms with Crippen molar-refractivity contribution < 1.29 is 14.6 Å². The molecule has 0 aliphatic heterocycles. The van der Waals surface area contributed by atoms with E-state index in [1.807, 2.05) is 0 Å². The summed E-state index contributed by atoms with van der Waals surface area (Å²) in [6, 6.07) is 5.10. The summed E-state index contributed by atoms with van der Waals surface area (Å²) in [6.45, 7) is 0. The highest BCUT2D eigenvalue weighted by Crippen LogP contribution is 2.31. The standard InChI is InChI=1S/C12H11ClN2O3/c1-15-9(12(16)17)6-14-11(15)8-5-7(13)3-4-10(8)18-2/h3-6H,1-2H3,(H,16,17). The molecule has 0 bridgehead atoms. The number of aromatic nitrogens is 2. The van der Waals surface area contributed by atoms with Gasteiger partial charge in [0.2, 0.25) is 0 Å². The molecule has 0 aliphatic rings. The molecule has 0 amide bonds. The van der Waals surface area contributed by atoms with Gasteiger partial charge < -0.3 is 14.4 Å². The topological polar surface area (TPSA) is 64.3 Å². The highest BCUT2D eigenvalue weighted by molar-refractivity contribution is 6.30. The maximum atomic E-state index is 11.0. The van der Waals surface area contributed by atoms with E-state index >= 15 is 0 Å². The van der Waals surface area contributed by atoms with Gasteiger partial charge in [0.25, 0.3) is 0 Å². The molecule has 1 heterocycles. The predicted octanol–water partition coefficient (Wildman–Crippen LogP) is 2.45. The van der Waals surface area contributed by atoms with Gasteiger partial charge in [-0.15, -0.1) is 0 Å². The first-order chi connectivity index (χ1) is 8.54. The highest BCUT2D eigenvalue weighted by Gasteiger charge is 2.17. The quantitative estimate of drug-likeness (QED) is 0.927. The molecule has 0 saturated carbocycles. The lowest BCUT2D eigenvalue weighted by Crippen LogP contribution is -2.05. The zero-order chi connectivity index (χ0) is 13.3. The molecule has 0 fully saturated rings. The third kappa shape index (κ3) is 2.04. The maximum absolute atomic E-state index is 11.0. The number of hydrogen-bond acceptors (Lipinski definition) is 3. The van der Waals surface area contributed by atoms with Crippen LogP contribution < -0.4 is 4.74 Å². The minimum absolute atomic E-state index is 0.104. The Morgan fingerprint density at radius 2 is 2.22 bits per heavy atom. The zero-order valence-corrected chi connectivity index (χ0v) is 10.6. The van der Waals surface area contributed by atoms with Crippen LogP contribution >= 0.6 is 11.6 Å². The summed E-state index contributed by atoms with van der Waals surface area (Å²) in [5.74, 6) is 0.0500. The van der Waals surface area contributed by atoms with E-state index in [4.69, 9.17) is 21.4 Å². The van der Waals surface area contributed by atoms with Gasteiger partial charge in [-0.3, -0.25) is 0 Å². The van der Waals surface area contributed by atoms with E-state index in [1.54, 1.807) is 25.2 Å². The smallest absolute Gasteiger partial charge is 0.354 e. The molecule has 18 heavy (non-hydrogen) atoms. The van der Waals surface area contributed by atoms with Gasteiger partial charge in [-0.05, 0) is 18.2 Å². The average molecular weight is 267 g/mol. The number of benzene rings is 1. The second-order valence-corrected chi connectivity index (χ2v) is 4.11. The van der Waals surface area contributed by atoms with Crippen molar-refractivity contribution in [3.05, 3.63) is 35.1 Å². The molecular formula is C12H11ClN2O3.